The summed E-state index contributed by atoms with van der Waals surface area (Å²) in [6.45, 7) is 4.06. The van der Waals surface area contributed by atoms with Crippen LogP contribution in [0.1, 0.15) is 36.4 Å². The number of ether oxygens (including phenoxy) is 1. The molecule has 0 atom stereocenters. The van der Waals surface area contributed by atoms with Gasteiger partial charge in [-0.1, -0.05) is 26.0 Å². The minimum atomic E-state index is -4.48. The molecule has 146 valence electrons. The fraction of sp³-hybridized carbons (Fsp3) is 0.368. The van der Waals surface area contributed by atoms with Crippen molar-refractivity contribution in [2.45, 2.75) is 26.4 Å². The van der Waals surface area contributed by atoms with Gasteiger partial charge in [0.15, 0.2) is 6.61 Å². The molecule has 1 amide bonds. The van der Waals surface area contributed by atoms with Crippen LogP contribution in [-0.4, -0.2) is 25.0 Å². The number of hydrogen-bond acceptors (Lipinski definition) is 4. The summed E-state index contributed by atoms with van der Waals surface area (Å²) >= 11 is 0. The fourth-order valence-corrected chi connectivity index (χ4v) is 2.21. The van der Waals surface area contributed by atoms with Gasteiger partial charge in [-0.3, -0.25) is 4.79 Å². The van der Waals surface area contributed by atoms with Crippen LogP contribution in [0.25, 0.3) is 11.3 Å². The lowest BCUT2D eigenvalue weighted by Gasteiger charge is -2.08. The molecular formula is C19H20F3NO4. The lowest BCUT2D eigenvalue weighted by molar-refractivity contribution is -0.137. The number of esters is 1. The molecule has 0 saturated carbocycles. The summed E-state index contributed by atoms with van der Waals surface area (Å²) in [7, 11) is 0. The number of carbonyl (C=O) groups excluding carboxylic acids is 2. The summed E-state index contributed by atoms with van der Waals surface area (Å²) in [5.41, 5.74) is -0.645. The van der Waals surface area contributed by atoms with E-state index < -0.39 is 30.2 Å². The molecule has 2 aromatic rings. The van der Waals surface area contributed by atoms with Crippen molar-refractivity contribution in [2.75, 3.05) is 13.2 Å². The molecule has 0 radical (unpaired) electrons. The first-order valence-electron chi connectivity index (χ1n) is 8.38. The third-order valence-electron chi connectivity index (χ3n) is 3.66. The highest BCUT2D eigenvalue weighted by Gasteiger charge is 2.30. The zero-order valence-electron chi connectivity index (χ0n) is 14.9. The SMILES string of the molecule is CC(C)CCNC(=O)COC(=O)c1ccc(-c2cccc(C(F)(F)F)c2)o1. The van der Waals surface area contributed by atoms with Gasteiger partial charge in [-0.2, -0.15) is 13.2 Å². The second-order valence-corrected chi connectivity index (χ2v) is 6.35. The van der Waals surface area contributed by atoms with E-state index in [9.17, 15) is 22.8 Å². The summed E-state index contributed by atoms with van der Waals surface area (Å²) in [6, 6.07) is 7.21. The third-order valence-corrected chi connectivity index (χ3v) is 3.66. The van der Waals surface area contributed by atoms with Crippen LogP contribution in [0.15, 0.2) is 40.8 Å². The Morgan fingerprint density at radius 1 is 1.19 bits per heavy atom. The topological polar surface area (TPSA) is 68.5 Å². The average molecular weight is 383 g/mol. The van der Waals surface area contributed by atoms with Crippen molar-refractivity contribution in [1.82, 2.24) is 5.32 Å². The monoisotopic (exact) mass is 383 g/mol. The lowest BCUT2D eigenvalue weighted by Crippen LogP contribution is -2.30. The van der Waals surface area contributed by atoms with Gasteiger partial charge in [-0.15, -0.1) is 0 Å². The highest BCUT2D eigenvalue weighted by atomic mass is 19.4. The Kier molecular flexibility index (Phi) is 6.65. The predicted molar refractivity (Wildman–Crippen MR) is 91.9 cm³/mol. The molecule has 0 spiro atoms. The maximum atomic E-state index is 12.8. The van der Waals surface area contributed by atoms with Crippen molar-refractivity contribution in [2.24, 2.45) is 5.92 Å². The highest BCUT2D eigenvalue weighted by Crippen LogP contribution is 2.32. The van der Waals surface area contributed by atoms with Crippen LogP contribution >= 0.6 is 0 Å². The molecule has 0 aliphatic heterocycles. The molecule has 0 aliphatic carbocycles. The fourth-order valence-electron chi connectivity index (χ4n) is 2.21. The number of hydrogen-bond donors (Lipinski definition) is 1. The molecular weight excluding hydrogens is 363 g/mol. The number of benzene rings is 1. The largest absolute Gasteiger partial charge is 0.450 e. The smallest absolute Gasteiger partial charge is 0.416 e. The molecule has 0 saturated heterocycles. The molecule has 1 heterocycles. The van der Waals surface area contributed by atoms with Gasteiger partial charge >= 0.3 is 12.1 Å². The number of amides is 1. The Morgan fingerprint density at radius 3 is 2.59 bits per heavy atom. The first-order chi connectivity index (χ1) is 12.7. The molecule has 1 aromatic heterocycles. The summed E-state index contributed by atoms with van der Waals surface area (Å²) in [5.74, 6) is -0.974. The molecule has 1 aromatic carbocycles. The zero-order valence-corrected chi connectivity index (χ0v) is 14.9. The van der Waals surface area contributed by atoms with Crippen LogP contribution in [0.5, 0.6) is 0 Å². The maximum Gasteiger partial charge on any atom is 0.416 e. The van der Waals surface area contributed by atoms with Gasteiger partial charge in [0.25, 0.3) is 5.91 Å². The van der Waals surface area contributed by atoms with E-state index >= 15 is 0 Å². The van der Waals surface area contributed by atoms with Gasteiger partial charge < -0.3 is 14.5 Å². The minimum absolute atomic E-state index is 0.0921. The molecule has 5 nitrogen and oxygen atoms in total. The number of nitrogens with one attached hydrogen (secondary N) is 1. The van der Waals surface area contributed by atoms with E-state index in [1.807, 2.05) is 13.8 Å². The van der Waals surface area contributed by atoms with Crippen molar-refractivity contribution in [1.29, 1.82) is 0 Å². The molecule has 8 heteroatoms. The maximum absolute atomic E-state index is 12.8. The van der Waals surface area contributed by atoms with Crippen molar-refractivity contribution in [3.05, 3.63) is 47.7 Å². The van der Waals surface area contributed by atoms with Crippen LogP contribution in [0.3, 0.4) is 0 Å². The molecule has 2 rings (SSSR count). The molecule has 0 aliphatic rings. The van der Waals surface area contributed by atoms with Gasteiger partial charge in [-0.05, 0) is 36.6 Å². The molecule has 0 unspecified atom stereocenters. The van der Waals surface area contributed by atoms with Crippen molar-refractivity contribution in [3.63, 3.8) is 0 Å². The molecule has 27 heavy (non-hydrogen) atoms. The zero-order chi connectivity index (χ0) is 20.0. The third kappa shape index (κ3) is 6.16. The van der Waals surface area contributed by atoms with E-state index in [4.69, 9.17) is 9.15 Å². The number of furan rings is 1. The second-order valence-electron chi connectivity index (χ2n) is 6.35. The number of carbonyl (C=O) groups is 2. The summed E-state index contributed by atoms with van der Waals surface area (Å²) < 4.78 is 48.5. The van der Waals surface area contributed by atoms with Crippen molar-refractivity contribution >= 4 is 11.9 Å². The standard InChI is InChI=1S/C19H20F3NO4/c1-12(2)8-9-23-17(24)11-26-18(25)16-7-6-15(27-16)13-4-3-5-14(10-13)19(20,21)22/h3-7,10,12H,8-9,11H2,1-2H3,(H,23,24). The van der Waals surface area contributed by atoms with Crippen LogP contribution in [0, 0.1) is 5.92 Å². The molecule has 0 fully saturated rings. The minimum Gasteiger partial charge on any atom is -0.450 e. The Bertz CT molecular complexity index is 796. The van der Waals surface area contributed by atoms with Crippen molar-refractivity contribution in [3.8, 4) is 11.3 Å². The molecule has 1 N–H and O–H groups in total. The van der Waals surface area contributed by atoms with Gasteiger partial charge in [-0.25, -0.2) is 4.79 Å². The van der Waals surface area contributed by atoms with E-state index in [0.717, 1.165) is 18.6 Å². The highest BCUT2D eigenvalue weighted by molar-refractivity contribution is 5.89. The van der Waals surface area contributed by atoms with Gasteiger partial charge in [0.2, 0.25) is 5.76 Å². The predicted octanol–water partition coefficient (Wildman–Crippen LogP) is 4.28. The summed E-state index contributed by atoms with van der Waals surface area (Å²) in [6.07, 6.45) is -3.68. The Hall–Kier alpha value is -2.77. The van der Waals surface area contributed by atoms with Gasteiger partial charge in [0.1, 0.15) is 5.76 Å². The lowest BCUT2D eigenvalue weighted by atomic mass is 10.1. The van der Waals surface area contributed by atoms with Gasteiger partial charge in [0, 0.05) is 12.1 Å². The first-order valence-corrected chi connectivity index (χ1v) is 8.38. The van der Waals surface area contributed by atoms with E-state index in [0.29, 0.717) is 12.5 Å². The number of rotatable bonds is 7. The summed E-state index contributed by atoms with van der Waals surface area (Å²) in [4.78, 5) is 23.5. The van der Waals surface area contributed by atoms with Crippen LogP contribution in [0.4, 0.5) is 13.2 Å². The number of halogens is 3. The first kappa shape index (κ1) is 20.5. The Morgan fingerprint density at radius 2 is 1.93 bits per heavy atom. The van der Waals surface area contributed by atoms with Crippen LogP contribution < -0.4 is 5.32 Å². The van der Waals surface area contributed by atoms with E-state index in [-0.39, 0.29) is 17.1 Å². The quantitative estimate of drug-likeness (QED) is 0.725. The normalized spacial score (nSPS) is 11.5. The molecule has 0 bridgehead atoms. The van der Waals surface area contributed by atoms with E-state index in [2.05, 4.69) is 5.32 Å². The summed E-state index contributed by atoms with van der Waals surface area (Å²) in [5, 5.41) is 2.62. The van der Waals surface area contributed by atoms with Crippen LogP contribution in [-0.2, 0) is 15.7 Å². The number of alkyl halides is 3. The Balaban J connectivity index is 1.95. The second kappa shape index (κ2) is 8.75. The Labute approximate surface area is 154 Å². The van der Waals surface area contributed by atoms with Crippen LogP contribution in [0.2, 0.25) is 0 Å². The average Bonchev–Trinajstić information content (AvgIpc) is 3.09. The van der Waals surface area contributed by atoms with Gasteiger partial charge in [0.05, 0.1) is 5.56 Å². The van der Waals surface area contributed by atoms with E-state index in [1.54, 1.807) is 0 Å². The van der Waals surface area contributed by atoms with Crippen molar-refractivity contribution < 1.29 is 31.9 Å². The van der Waals surface area contributed by atoms with E-state index in [1.165, 1.54) is 24.3 Å².